The molecule has 0 spiro atoms. The van der Waals surface area contributed by atoms with Crippen LogP contribution in [-0.2, 0) is 18.3 Å². The van der Waals surface area contributed by atoms with Crippen LogP contribution in [0.3, 0.4) is 0 Å². The van der Waals surface area contributed by atoms with Crippen LogP contribution in [0.15, 0.2) is 35.7 Å². The zero-order valence-electron chi connectivity index (χ0n) is 14.1. The van der Waals surface area contributed by atoms with Gasteiger partial charge in [-0.3, -0.25) is 4.79 Å². The molecule has 1 aliphatic heterocycles. The molecule has 1 aliphatic rings. The summed E-state index contributed by atoms with van der Waals surface area (Å²) in [6.07, 6.45) is 3.95. The number of para-hydroxylation sites is 1. The van der Waals surface area contributed by atoms with Gasteiger partial charge in [-0.1, -0.05) is 30.0 Å². The van der Waals surface area contributed by atoms with E-state index in [9.17, 15) is 4.79 Å². The number of rotatable bonds is 6. The van der Waals surface area contributed by atoms with Crippen LogP contribution in [0.1, 0.15) is 18.9 Å². The lowest BCUT2D eigenvalue weighted by molar-refractivity contribution is -0.120. The van der Waals surface area contributed by atoms with E-state index >= 15 is 0 Å². The minimum absolute atomic E-state index is 0.0355. The number of fused-ring (bicyclic) bond motifs is 1. The first-order valence-corrected chi connectivity index (χ1v) is 9.14. The first-order chi connectivity index (χ1) is 11.6. The summed E-state index contributed by atoms with van der Waals surface area (Å²) in [5.74, 6) is 0.0355. The molecule has 2 aromatic rings. The number of nitrogens with one attached hydrogen (secondary N) is 1. The van der Waals surface area contributed by atoms with Crippen LogP contribution in [-0.4, -0.2) is 45.6 Å². The number of anilines is 1. The van der Waals surface area contributed by atoms with E-state index in [2.05, 4.69) is 44.7 Å². The van der Waals surface area contributed by atoms with Crippen molar-refractivity contribution in [2.24, 2.45) is 7.05 Å². The van der Waals surface area contributed by atoms with Crippen molar-refractivity contribution in [1.82, 2.24) is 20.1 Å². The maximum atomic E-state index is 12.3. The number of hydrogen-bond acceptors (Lipinski definition) is 5. The van der Waals surface area contributed by atoms with E-state index in [0.717, 1.165) is 24.7 Å². The number of benzene rings is 1. The van der Waals surface area contributed by atoms with Gasteiger partial charge in [-0.25, -0.2) is 0 Å². The molecular formula is C17H23N5OS. The molecule has 1 atom stereocenters. The maximum absolute atomic E-state index is 12.3. The predicted molar refractivity (Wildman–Crippen MR) is 96.3 cm³/mol. The summed E-state index contributed by atoms with van der Waals surface area (Å²) in [7, 11) is 1.88. The summed E-state index contributed by atoms with van der Waals surface area (Å²) in [6.45, 7) is 4.43. The van der Waals surface area contributed by atoms with Gasteiger partial charge < -0.3 is 14.8 Å². The molecule has 24 heavy (non-hydrogen) atoms. The van der Waals surface area contributed by atoms with Gasteiger partial charge in [0.2, 0.25) is 5.91 Å². The SMILES string of the molecule is C[C@H](Sc1nncn1C)C(=O)NCCN1CCCc2ccccc21. The molecule has 1 N–H and O–H groups in total. The molecule has 6 nitrogen and oxygen atoms in total. The molecule has 1 aromatic carbocycles. The third-order valence-corrected chi connectivity index (χ3v) is 5.36. The van der Waals surface area contributed by atoms with Crippen molar-refractivity contribution >= 4 is 23.4 Å². The second kappa shape index (κ2) is 7.70. The molecule has 0 unspecified atom stereocenters. The van der Waals surface area contributed by atoms with Crippen molar-refractivity contribution in [3.8, 4) is 0 Å². The van der Waals surface area contributed by atoms with Gasteiger partial charge >= 0.3 is 0 Å². The third kappa shape index (κ3) is 3.90. The average molecular weight is 345 g/mol. The first-order valence-electron chi connectivity index (χ1n) is 8.26. The number of aromatic nitrogens is 3. The highest BCUT2D eigenvalue weighted by Crippen LogP contribution is 2.26. The highest BCUT2D eigenvalue weighted by atomic mass is 32.2. The number of amides is 1. The van der Waals surface area contributed by atoms with Crippen molar-refractivity contribution in [3.63, 3.8) is 0 Å². The molecule has 0 fully saturated rings. The van der Waals surface area contributed by atoms with Gasteiger partial charge in [-0.15, -0.1) is 10.2 Å². The van der Waals surface area contributed by atoms with Gasteiger partial charge in [0.1, 0.15) is 6.33 Å². The fraction of sp³-hybridized carbons (Fsp3) is 0.471. The zero-order chi connectivity index (χ0) is 16.9. The Kier molecular flexibility index (Phi) is 5.40. The van der Waals surface area contributed by atoms with Crippen molar-refractivity contribution in [3.05, 3.63) is 36.2 Å². The van der Waals surface area contributed by atoms with Crippen molar-refractivity contribution in [1.29, 1.82) is 0 Å². The predicted octanol–water partition coefficient (Wildman–Crippen LogP) is 1.86. The van der Waals surface area contributed by atoms with Crippen molar-refractivity contribution in [2.45, 2.75) is 30.2 Å². The Morgan fingerprint density at radius 1 is 1.42 bits per heavy atom. The highest BCUT2D eigenvalue weighted by molar-refractivity contribution is 8.00. The minimum atomic E-state index is -0.193. The molecule has 7 heteroatoms. The lowest BCUT2D eigenvalue weighted by Gasteiger charge is -2.31. The van der Waals surface area contributed by atoms with Crippen molar-refractivity contribution in [2.75, 3.05) is 24.5 Å². The molecule has 3 rings (SSSR count). The summed E-state index contributed by atoms with van der Waals surface area (Å²) in [6, 6.07) is 8.54. The fourth-order valence-electron chi connectivity index (χ4n) is 2.89. The lowest BCUT2D eigenvalue weighted by atomic mass is 10.0. The van der Waals surface area contributed by atoms with Gasteiger partial charge in [-0.2, -0.15) is 0 Å². The second-order valence-electron chi connectivity index (χ2n) is 5.99. The Morgan fingerprint density at radius 3 is 3.04 bits per heavy atom. The van der Waals surface area contributed by atoms with E-state index in [1.54, 1.807) is 6.33 Å². The number of thioether (sulfide) groups is 1. The first kappa shape index (κ1) is 16.8. The molecule has 1 aromatic heterocycles. The minimum Gasteiger partial charge on any atom is -0.370 e. The summed E-state index contributed by atoms with van der Waals surface area (Å²) < 4.78 is 1.82. The van der Waals surface area contributed by atoms with E-state index < -0.39 is 0 Å². The monoisotopic (exact) mass is 345 g/mol. The van der Waals surface area contributed by atoms with Crippen LogP contribution >= 0.6 is 11.8 Å². The second-order valence-corrected chi connectivity index (χ2v) is 7.30. The largest absolute Gasteiger partial charge is 0.370 e. The van der Waals surface area contributed by atoms with Gasteiger partial charge in [-0.05, 0) is 31.4 Å². The fourth-order valence-corrected chi connectivity index (χ4v) is 3.71. The van der Waals surface area contributed by atoms with Crippen LogP contribution in [0.25, 0.3) is 0 Å². The van der Waals surface area contributed by atoms with Gasteiger partial charge in [0.15, 0.2) is 5.16 Å². The molecule has 0 saturated heterocycles. The summed E-state index contributed by atoms with van der Waals surface area (Å²) in [4.78, 5) is 14.6. The van der Waals surface area contributed by atoms with Crippen LogP contribution in [0, 0.1) is 0 Å². The number of aryl methyl sites for hydroxylation is 2. The number of carbonyl (C=O) groups excluding carboxylic acids is 1. The Balaban J connectivity index is 1.48. The van der Waals surface area contributed by atoms with E-state index in [1.165, 1.54) is 29.4 Å². The quantitative estimate of drug-likeness (QED) is 0.810. The average Bonchev–Trinajstić information content (AvgIpc) is 3.00. The molecule has 0 radical (unpaired) electrons. The Hall–Kier alpha value is -2.02. The molecule has 0 bridgehead atoms. The summed E-state index contributed by atoms with van der Waals surface area (Å²) in [5.41, 5.74) is 2.71. The topological polar surface area (TPSA) is 63.1 Å². The van der Waals surface area contributed by atoms with Gasteiger partial charge in [0.25, 0.3) is 0 Å². The number of nitrogens with zero attached hydrogens (tertiary/aromatic N) is 4. The van der Waals surface area contributed by atoms with Gasteiger partial charge in [0, 0.05) is 32.4 Å². The van der Waals surface area contributed by atoms with E-state index in [4.69, 9.17) is 0 Å². The molecule has 0 aliphatic carbocycles. The van der Waals surface area contributed by atoms with E-state index in [0.29, 0.717) is 6.54 Å². The smallest absolute Gasteiger partial charge is 0.233 e. The van der Waals surface area contributed by atoms with Crippen molar-refractivity contribution < 1.29 is 4.79 Å². The normalized spacial score (nSPS) is 15.0. The third-order valence-electron chi connectivity index (χ3n) is 4.21. The maximum Gasteiger partial charge on any atom is 0.233 e. The Bertz CT molecular complexity index is 702. The molecule has 0 saturated carbocycles. The Labute approximate surface area is 146 Å². The van der Waals surface area contributed by atoms with E-state index in [1.807, 2.05) is 18.5 Å². The van der Waals surface area contributed by atoms with E-state index in [-0.39, 0.29) is 11.2 Å². The molecule has 128 valence electrons. The number of carbonyl (C=O) groups is 1. The number of hydrogen-bond donors (Lipinski definition) is 1. The Morgan fingerprint density at radius 2 is 2.25 bits per heavy atom. The highest BCUT2D eigenvalue weighted by Gasteiger charge is 2.18. The molecule has 2 heterocycles. The van der Waals surface area contributed by atoms with Crippen LogP contribution in [0.2, 0.25) is 0 Å². The zero-order valence-corrected chi connectivity index (χ0v) is 14.9. The van der Waals surface area contributed by atoms with Gasteiger partial charge in [0.05, 0.1) is 5.25 Å². The molecule has 1 amide bonds. The summed E-state index contributed by atoms with van der Waals surface area (Å²) >= 11 is 1.42. The standard InChI is InChI=1S/C17H23N5OS/c1-13(24-17-20-19-12-21(17)2)16(23)18-9-11-22-10-5-7-14-6-3-4-8-15(14)22/h3-4,6,8,12-13H,5,7,9-11H2,1-2H3,(H,18,23)/t13-/m0/s1. The summed E-state index contributed by atoms with van der Waals surface area (Å²) in [5, 5.41) is 11.4. The lowest BCUT2D eigenvalue weighted by Crippen LogP contribution is -2.39. The molecular weight excluding hydrogens is 322 g/mol. The van der Waals surface area contributed by atoms with Crippen LogP contribution in [0.4, 0.5) is 5.69 Å². The van der Waals surface area contributed by atoms with Crippen LogP contribution < -0.4 is 10.2 Å². The van der Waals surface area contributed by atoms with Crippen LogP contribution in [0.5, 0.6) is 0 Å².